The highest BCUT2D eigenvalue weighted by Crippen LogP contribution is 2.03. The van der Waals surface area contributed by atoms with Gasteiger partial charge in [-0.05, 0) is 5.92 Å². The molecule has 0 spiro atoms. The van der Waals surface area contributed by atoms with Crippen LogP contribution >= 0.6 is 0 Å². The standard InChI is InChI=1S/C11H20N4O/c1-8(2)10(12)4-11(16)13-5-9-6-14-15(3)7-9/h6-8,10H,4-5,12H2,1-3H3,(H,13,16). The zero-order valence-corrected chi connectivity index (χ0v) is 10.1. The van der Waals surface area contributed by atoms with Crippen LogP contribution in [0.2, 0.25) is 0 Å². The number of amides is 1. The van der Waals surface area contributed by atoms with Crippen molar-refractivity contribution in [2.75, 3.05) is 0 Å². The Balaban J connectivity index is 2.30. The van der Waals surface area contributed by atoms with E-state index in [0.29, 0.717) is 18.9 Å². The highest BCUT2D eigenvalue weighted by molar-refractivity contribution is 5.76. The molecule has 0 saturated heterocycles. The van der Waals surface area contributed by atoms with Crippen LogP contribution in [-0.2, 0) is 18.4 Å². The Kier molecular flexibility index (Phi) is 4.49. The van der Waals surface area contributed by atoms with E-state index in [0.717, 1.165) is 5.56 Å². The molecule has 1 rings (SSSR count). The van der Waals surface area contributed by atoms with Gasteiger partial charge in [-0.3, -0.25) is 9.48 Å². The van der Waals surface area contributed by atoms with Gasteiger partial charge in [0, 0.05) is 37.8 Å². The van der Waals surface area contributed by atoms with E-state index in [-0.39, 0.29) is 11.9 Å². The number of nitrogens with two attached hydrogens (primary N) is 1. The van der Waals surface area contributed by atoms with E-state index >= 15 is 0 Å². The normalized spacial score (nSPS) is 12.8. The van der Waals surface area contributed by atoms with Gasteiger partial charge in [0.05, 0.1) is 6.20 Å². The maximum absolute atomic E-state index is 11.5. The van der Waals surface area contributed by atoms with E-state index in [4.69, 9.17) is 5.73 Å². The molecule has 3 N–H and O–H groups in total. The fourth-order valence-electron chi connectivity index (χ4n) is 1.29. The van der Waals surface area contributed by atoms with Crippen LogP contribution in [-0.4, -0.2) is 21.7 Å². The SMILES string of the molecule is CC(C)C(N)CC(=O)NCc1cnn(C)c1. The molecule has 1 aromatic rings. The number of aromatic nitrogens is 2. The number of nitrogens with one attached hydrogen (secondary N) is 1. The van der Waals surface area contributed by atoms with Gasteiger partial charge < -0.3 is 11.1 Å². The van der Waals surface area contributed by atoms with Gasteiger partial charge in [0.25, 0.3) is 0 Å². The smallest absolute Gasteiger partial charge is 0.221 e. The van der Waals surface area contributed by atoms with Gasteiger partial charge in [0.1, 0.15) is 0 Å². The topological polar surface area (TPSA) is 72.9 Å². The summed E-state index contributed by atoms with van der Waals surface area (Å²) in [4.78, 5) is 11.5. The Morgan fingerprint density at radius 3 is 2.81 bits per heavy atom. The predicted molar refractivity (Wildman–Crippen MR) is 62.5 cm³/mol. The van der Waals surface area contributed by atoms with Crippen molar-refractivity contribution in [2.45, 2.75) is 32.9 Å². The first-order valence-corrected chi connectivity index (χ1v) is 5.49. The number of nitrogens with zero attached hydrogens (tertiary/aromatic N) is 2. The molecule has 0 fully saturated rings. The first-order valence-electron chi connectivity index (χ1n) is 5.49. The Bertz CT molecular complexity index is 346. The summed E-state index contributed by atoms with van der Waals surface area (Å²) in [6, 6.07) is -0.0751. The molecule has 0 saturated carbocycles. The molecule has 0 aliphatic carbocycles. The second-order valence-corrected chi connectivity index (χ2v) is 4.41. The van der Waals surface area contributed by atoms with E-state index in [1.807, 2.05) is 27.1 Å². The summed E-state index contributed by atoms with van der Waals surface area (Å²) in [7, 11) is 1.85. The molecule has 1 aromatic heterocycles. The molecule has 5 heteroatoms. The number of carbonyl (C=O) groups is 1. The van der Waals surface area contributed by atoms with Crippen LogP contribution in [0.3, 0.4) is 0 Å². The number of hydrogen-bond donors (Lipinski definition) is 2. The zero-order chi connectivity index (χ0) is 12.1. The second-order valence-electron chi connectivity index (χ2n) is 4.41. The van der Waals surface area contributed by atoms with Crippen molar-refractivity contribution < 1.29 is 4.79 Å². The quantitative estimate of drug-likeness (QED) is 0.761. The highest BCUT2D eigenvalue weighted by atomic mass is 16.1. The van der Waals surface area contributed by atoms with E-state index in [1.54, 1.807) is 10.9 Å². The Labute approximate surface area is 96.0 Å². The van der Waals surface area contributed by atoms with E-state index < -0.39 is 0 Å². The molecule has 0 aromatic carbocycles. The number of hydrogen-bond acceptors (Lipinski definition) is 3. The van der Waals surface area contributed by atoms with Crippen molar-refractivity contribution in [2.24, 2.45) is 18.7 Å². The lowest BCUT2D eigenvalue weighted by atomic mass is 10.0. The minimum atomic E-state index is -0.0751. The van der Waals surface area contributed by atoms with Gasteiger partial charge in [0.15, 0.2) is 0 Å². The van der Waals surface area contributed by atoms with Crippen molar-refractivity contribution in [3.63, 3.8) is 0 Å². The van der Waals surface area contributed by atoms with E-state index in [9.17, 15) is 4.79 Å². The largest absolute Gasteiger partial charge is 0.352 e. The third-order valence-corrected chi connectivity index (χ3v) is 2.53. The molecule has 90 valence electrons. The lowest BCUT2D eigenvalue weighted by Crippen LogP contribution is -2.34. The monoisotopic (exact) mass is 224 g/mol. The third kappa shape index (κ3) is 4.02. The third-order valence-electron chi connectivity index (χ3n) is 2.53. The van der Waals surface area contributed by atoms with Gasteiger partial charge in [0.2, 0.25) is 5.91 Å². The van der Waals surface area contributed by atoms with Crippen LogP contribution in [0, 0.1) is 5.92 Å². The summed E-state index contributed by atoms with van der Waals surface area (Å²) in [6.45, 7) is 4.54. The lowest BCUT2D eigenvalue weighted by Gasteiger charge is -2.14. The molecule has 1 atom stereocenters. The predicted octanol–water partition coefficient (Wildman–Crippen LogP) is 0.410. The van der Waals surface area contributed by atoms with Crippen LogP contribution in [0.5, 0.6) is 0 Å². The van der Waals surface area contributed by atoms with Gasteiger partial charge in [-0.25, -0.2) is 0 Å². The number of carbonyl (C=O) groups excluding carboxylic acids is 1. The molecule has 0 radical (unpaired) electrons. The molecule has 0 aliphatic heterocycles. The fourth-order valence-corrected chi connectivity index (χ4v) is 1.29. The molecule has 1 amide bonds. The van der Waals surface area contributed by atoms with Crippen LogP contribution in [0.4, 0.5) is 0 Å². The van der Waals surface area contributed by atoms with Gasteiger partial charge in [-0.2, -0.15) is 5.10 Å². The lowest BCUT2D eigenvalue weighted by molar-refractivity contribution is -0.121. The number of rotatable bonds is 5. The van der Waals surface area contributed by atoms with Gasteiger partial charge in [-0.15, -0.1) is 0 Å². The Morgan fingerprint density at radius 2 is 2.31 bits per heavy atom. The van der Waals surface area contributed by atoms with Crippen molar-refractivity contribution in [1.29, 1.82) is 0 Å². The molecule has 0 aliphatic rings. The Hall–Kier alpha value is -1.36. The average molecular weight is 224 g/mol. The summed E-state index contributed by atoms with van der Waals surface area (Å²) in [6.07, 6.45) is 3.99. The summed E-state index contributed by atoms with van der Waals surface area (Å²) in [5.74, 6) is 0.314. The minimum Gasteiger partial charge on any atom is -0.352 e. The van der Waals surface area contributed by atoms with Crippen molar-refractivity contribution in [3.05, 3.63) is 18.0 Å². The van der Waals surface area contributed by atoms with E-state index in [2.05, 4.69) is 10.4 Å². The van der Waals surface area contributed by atoms with Crippen LogP contribution in [0.25, 0.3) is 0 Å². The summed E-state index contributed by atoms with van der Waals surface area (Å²) in [5, 5.41) is 6.85. The van der Waals surface area contributed by atoms with Gasteiger partial charge >= 0.3 is 0 Å². The average Bonchev–Trinajstić information content (AvgIpc) is 2.61. The van der Waals surface area contributed by atoms with E-state index in [1.165, 1.54) is 0 Å². The number of aryl methyl sites for hydroxylation is 1. The molecule has 16 heavy (non-hydrogen) atoms. The second kappa shape index (κ2) is 5.65. The Morgan fingerprint density at radius 1 is 1.62 bits per heavy atom. The fraction of sp³-hybridized carbons (Fsp3) is 0.636. The maximum atomic E-state index is 11.5. The molecular weight excluding hydrogens is 204 g/mol. The molecule has 5 nitrogen and oxygen atoms in total. The first-order chi connectivity index (χ1) is 7.49. The van der Waals surface area contributed by atoms with Crippen LogP contribution < -0.4 is 11.1 Å². The molecular formula is C11H20N4O. The van der Waals surface area contributed by atoms with Crippen molar-refractivity contribution in [1.82, 2.24) is 15.1 Å². The zero-order valence-electron chi connectivity index (χ0n) is 10.1. The highest BCUT2D eigenvalue weighted by Gasteiger charge is 2.12. The maximum Gasteiger partial charge on any atom is 0.221 e. The van der Waals surface area contributed by atoms with Crippen molar-refractivity contribution >= 4 is 5.91 Å². The summed E-state index contributed by atoms with van der Waals surface area (Å²) >= 11 is 0. The summed E-state index contributed by atoms with van der Waals surface area (Å²) < 4.78 is 1.71. The van der Waals surface area contributed by atoms with Gasteiger partial charge in [-0.1, -0.05) is 13.8 Å². The van der Waals surface area contributed by atoms with Crippen molar-refractivity contribution in [3.8, 4) is 0 Å². The molecule has 1 heterocycles. The summed E-state index contributed by atoms with van der Waals surface area (Å²) in [5.41, 5.74) is 6.81. The molecule has 0 bridgehead atoms. The first kappa shape index (κ1) is 12.7. The van der Waals surface area contributed by atoms with Crippen LogP contribution in [0.15, 0.2) is 12.4 Å². The van der Waals surface area contributed by atoms with Crippen LogP contribution in [0.1, 0.15) is 25.8 Å². The minimum absolute atomic E-state index is 0.00921. The molecule has 1 unspecified atom stereocenters.